The SMILES string of the molecule is Cc1ccc(C(N)=O)cc1-c1ccc2c(-c3ccc(OC(C)C)cc3C)nncc2c1. The average molecular weight is 412 g/mol. The van der Waals surface area contributed by atoms with Crippen molar-refractivity contribution in [3.05, 3.63) is 77.5 Å². The molecular formula is C26H25N3O2. The number of amides is 1. The van der Waals surface area contributed by atoms with Crippen molar-refractivity contribution in [2.24, 2.45) is 5.73 Å². The van der Waals surface area contributed by atoms with Gasteiger partial charge in [0.1, 0.15) is 11.4 Å². The lowest BCUT2D eigenvalue weighted by Gasteiger charge is -2.14. The fourth-order valence-corrected chi connectivity index (χ4v) is 3.79. The predicted octanol–water partition coefficient (Wildman–Crippen LogP) is 5.47. The summed E-state index contributed by atoms with van der Waals surface area (Å²) >= 11 is 0. The van der Waals surface area contributed by atoms with Gasteiger partial charge < -0.3 is 10.5 Å². The Morgan fingerprint density at radius 1 is 0.935 bits per heavy atom. The molecule has 0 aliphatic carbocycles. The van der Waals surface area contributed by atoms with Gasteiger partial charge in [0.25, 0.3) is 0 Å². The molecule has 5 heteroatoms. The van der Waals surface area contributed by atoms with Crippen LogP contribution in [0.15, 0.2) is 60.8 Å². The van der Waals surface area contributed by atoms with Crippen molar-refractivity contribution < 1.29 is 9.53 Å². The number of carbonyl (C=O) groups is 1. The van der Waals surface area contributed by atoms with Gasteiger partial charge in [0.2, 0.25) is 5.91 Å². The zero-order valence-corrected chi connectivity index (χ0v) is 18.1. The average Bonchev–Trinajstić information content (AvgIpc) is 2.73. The molecule has 0 saturated carbocycles. The molecule has 0 radical (unpaired) electrons. The monoisotopic (exact) mass is 411 g/mol. The number of benzene rings is 3. The van der Waals surface area contributed by atoms with Crippen molar-refractivity contribution in [2.75, 3.05) is 0 Å². The van der Waals surface area contributed by atoms with E-state index < -0.39 is 5.91 Å². The first-order chi connectivity index (χ1) is 14.8. The summed E-state index contributed by atoms with van der Waals surface area (Å²) in [4.78, 5) is 11.6. The van der Waals surface area contributed by atoms with Gasteiger partial charge in [0, 0.05) is 21.9 Å². The maximum absolute atomic E-state index is 11.6. The first-order valence-electron chi connectivity index (χ1n) is 10.3. The molecule has 0 aliphatic heterocycles. The normalized spacial score (nSPS) is 11.1. The van der Waals surface area contributed by atoms with Crippen molar-refractivity contribution >= 4 is 16.7 Å². The van der Waals surface area contributed by atoms with Gasteiger partial charge in [0.05, 0.1) is 12.3 Å². The molecule has 156 valence electrons. The van der Waals surface area contributed by atoms with Crippen LogP contribution >= 0.6 is 0 Å². The molecule has 0 bridgehead atoms. The largest absolute Gasteiger partial charge is 0.491 e. The summed E-state index contributed by atoms with van der Waals surface area (Å²) in [6.45, 7) is 8.09. The third kappa shape index (κ3) is 4.12. The Kier molecular flexibility index (Phi) is 5.42. The Hall–Kier alpha value is -3.73. The summed E-state index contributed by atoms with van der Waals surface area (Å²) in [5.74, 6) is 0.409. The van der Waals surface area contributed by atoms with Crippen molar-refractivity contribution in [2.45, 2.75) is 33.8 Å². The van der Waals surface area contributed by atoms with Crippen molar-refractivity contribution in [1.29, 1.82) is 0 Å². The Morgan fingerprint density at radius 3 is 2.45 bits per heavy atom. The molecular weight excluding hydrogens is 386 g/mol. The molecule has 4 aromatic rings. The van der Waals surface area contributed by atoms with Gasteiger partial charge in [-0.05, 0) is 86.3 Å². The molecule has 0 unspecified atom stereocenters. The Bertz CT molecular complexity index is 1300. The number of aromatic nitrogens is 2. The van der Waals surface area contributed by atoms with Crippen LogP contribution in [0.2, 0.25) is 0 Å². The molecule has 0 saturated heterocycles. The van der Waals surface area contributed by atoms with Crippen molar-refractivity contribution in [3.63, 3.8) is 0 Å². The van der Waals surface area contributed by atoms with Crippen LogP contribution in [0.1, 0.15) is 35.3 Å². The highest BCUT2D eigenvalue weighted by atomic mass is 16.5. The first-order valence-corrected chi connectivity index (χ1v) is 10.3. The zero-order valence-electron chi connectivity index (χ0n) is 18.1. The van der Waals surface area contributed by atoms with Crippen LogP contribution in [0, 0.1) is 13.8 Å². The highest BCUT2D eigenvalue weighted by Crippen LogP contribution is 2.33. The standard InChI is InChI=1S/C26H25N3O2/c1-15(2)31-21-8-10-22(17(4)11-21)25-23-9-7-18(12-20(23)14-28-29-25)24-13-19(26(27)30)6-5-16(24)3/h5-15H,1-4H3,(H2,27,30). The lowest BCUT2D eigenvalue weighted by Crippen LogP contribution is -2.10. The van der Waals surface area contributed by atoms with Crippen LogP contribution in [0.3, 0.4) is 0 Å². The molecule has 1 heterocycles. The molecule has 0 spiro atoms. The number of nitrogens with two attached hydrogens (primary N) is 1. The molecule has 5 nitrogen and oxygen atoms in total. The van der Waals surface area contributed by atoms with Crippen LogP contribution in [0.4, 0.5) is 0 Å². The number of aryl methyl sites for hydroxylation is 2. The molecule has 31 heavy (non-hydrogen) atoms. The molecule has 3 aromatic carbocycles. The van der Waals surface area contributed by atoms with E-state index in [1.807, 2.05) is 57.2 Å². The molecule has 0 fully saturated rings. The van der Waals surface area contributed by atoms with E-state index in [1.165, 1.54) is 0 Å². The highest BCUT2D eigenvalue weighted by Gasteiger charge is 2.13. The van der Waals surface area contributed by atoms with Crippen LogP contribution in [-0.2, 0) is 0 Å². The van der Waals surface area contributed by atoms with Gasteiger partial charge in [-0.2, -0.15) is 5.10 Å². The van der Waals surface area contributed by atoms with E-state index in [0.29, 0.717) is 5.56 Å². The molecule has 1 amide bonds. The van der Waals surface area contributed by atoms with Crippen LogP contribution < -0.4 is 10.5 Å². The van der Waals surface area contributed by atoms with E-state index in [-0.39, 0.29) is 6.10 Å². The van der Waals surface area contributed by atoms with Crippen molar-refractivity contribution in [3.8, 4) is 28.1 Å². The predicted molar refractivity (Wildman–Crippen MR) is 124 cm³/mol. The number of hydrogen-bond donors (Lipinski definition) is 1. The summed E-state index contributed by atoms with van der Waals surface area (Å²) in [6, 6.07) is 17.7. The third-order valence-electron chi connectivity index (χ3n) is 5.32. The number of ether oxygens (including phenoxy) is 1. The number of carbonyl (C=O) groups excluding carboxylic acids is 1. The van der Waals surface area contributed by atoms with E-state index >= 15 is 0 Å². The van der Waals surface area contributed by atoms with Gasteiger partial charge in [-0.1, -0.05) is 18.2 Å². The minimum absolute atomic E-state index is 0.123. The fourth-order valence-electron chi connectivity index (χ4n) is 3.79. The lowest BCUT2D eigenvalue weighted by atomic mass is 9.94. The molecule has 1 aromatic heterocycles. The maximum atomic E-state index is 11.6. The summed E-state index contributed by atoms with van der Waals surface area (Å²) in [7, 11) is 0. The van der Waals surface area contributed by atoms with E-state index in [0.717, 1.165) is 50.0 Å². The second-order valence-electron chi connectivity index (χ2n) is 8.03. The van der Waals surface area contributed by atoms with E-state index in [2.05, 4.69) is 29.3 Å². The van der Waals surface area contributed by atoms with E-state index in [9.17, 15) is 4.79 Å². The minimum Gasteiger partial charge on any atom is -0.491 e. The smallest absolute Gasteiger partial charge is 0.248 e. The third-order valence-corrected chi connectivity index (χ3v) is 5.32. The van der Waals surface area contributed by atoms with E-state index in [4.69, 9.17) is 10.5 Å². The zero-order chi connectivity index (χ0) is 22.1. The van der Waals surface area contributed by atoms with Crippen LogP contribution in [0.5, 0.6) is 5.75 Å². The number of hydrogen-bond acceptors (Lipinski definition) is 4. The lowest BCUT2D eigenvalue weighted by molar-refractivity contribution is 0.100. The summed E-state index contributed by atoms with van der Waals surface area (Å²) < 4.78 is 5.81. The van der Waals surface area contributed by atoms with Gasteiger partial charge in [-0.25, -0.2) is 0 Å². The molecule has 0 atom stereocenters. The second kappa shape index (κ2) is 8.19. The Labute approximate surface area is 181 Å². The van der Waals surface area contributed by atoms with Gasteiger partial charge in [0.15, 0.2) is 0 Å². The molecule has 2 N–H and O–H groups in total. The Morgan fingerprint density at radius 2 is 1.74 bits per heavy atom. The quantitative estimate of drug-likeness (QED) is 0.472. The highest BCUT2D eigenvalue weighted by molar-refractivity contribution is 5.98. The summed E-state index contributed by atoms with van der Waals surface area (Å²) in [5, 5.41) is 10.7. The van der Waals surface area contributed by atoms with Gasteiger partial charge in [-0.3, -0.25) is 4.79 Å². The Balaban J connectivity index is 1.80. The summed E-state index contributed by atoms with van der Waals surface area (Å²) in [5.41, 5.74) is 11.9. The topological polar surface area (TPSA) is 78.1 Å². The summed E-state index contributed by atoms with van der Waals surface area (Å²) in [6.07, 6.45) is 1.89. The molecule has 0 aliphatic rings. The maximum Gasteiger partial charge on any atom is 0.248 e. The number of fused-ring (bicyclic) bond motifs is 1. The van der Waals surface area contributed by atoms with E-state index in [1.54, 1.807) is 12.3 Å². The number of nitrogens with zero attached hydrogens (tertiary/aromatic N) is 2. The minimum atomic E-state index is -0.435. The van der Waals surface area contributed by atoms with Crippen LogP contribution in [-0.4, -0.2) is 22.2 Å². The number of rotatable bonds is 5. The van der Waals surface area contributed by atoms with Gasteiger partial charge in [-0.15, -0.1) is 5.10 Å². The fraction of sp³-hybridized carbons (Fsp3) is 0.192. The first kappa shape index (κ1) is 20.5. The second-order valence-corrected chi connectivity index (χ2v) is 8.03. The van der Waals surface area contributed by atoms with Crippen molar-refractivity contribution in [1.82, 2.24) is 10.2 Å². The number of primary amides is 1. The van der Waals surface area contributed by atoms with Crippen LogP contribution in [0.25, 0.3) is 33.2 Å². The van der Waals surface area contributed by atoms with Gasteiger partial charge >= 0.3 is 0 Å². The molecule has 4 rings (SSSR count).